The molecule has 0 atom stereocenters. The summed E-state index contributed by atoms with van der Waals surface area (Å²) in [5.74, 6) is 0.975. The van der Waals surface area contributed by atoms with Crippen LogP contribution in [0.3, 0.4) is 0 Å². The molecule has 1 aliphatic rings. The molecular formula is C20H20N2O. The van der Waals surface area contributed by atoms with Crippen molar-refractivity contribution in [2.45, 2.75) is 32.6 Å². The molecule has 4 rings (SSSR count). The zero-order valence-corrected chi connectivity index (χ0v) is 13.8. The van der Waals surface area contributed by atoms with Crippen molar-refractivity contribution in [3.63, 3.8) is 0 Å². The van der Waals surface area contributed by atoms with E-state index in [-0.39, 0.29) is 5.41 Å². The quantitative estimate of drug-likeness (QED) is 0.662. The number of aromatic nitrogens is 2. The van der Waals surface area contributed by atoms with Crippen LogP contribution in [-0.4, -0.2) is 16.6 Å². The molecule has 116 valence electrons. The van der Waals surface area contributed by atoms with Crippen molar-refractivity contribution in [2.75, 3.05) is 6.61 Å². The highest BCUT2D eigenvalue weighted by Crippen LogP contribution is 2.37. The van der Waals surface area contributed by atoms with Gasteiger partial charge in [-0.05, 0) is 30.3 Å². The Morgan fingerprint density at radius 2 is 1.96 bits per heavy atom. The molecule has 23 heavy (non-hydrogen) atoms. The lowest BCUT2D eigenvalue weighted by atomic mass is 9.88. The van der Waals surface area contributed by atoms with E-state index in [4.69, 9.17) is 9.72 Å². The van der Waals surface area contributed by atoms with Gasteiger partial charge in [0, 0.05) is 40.2 Å². The van der Waals surface area contributed by atoms with E-state index in [1.165, 1.54) is 5.56 Å². The highest BCUT2D eigenvalue weighted by Gasteiger charge is 2.23. The van der Waals surface area contributed by atoms with Crippen molar-refractivity contribution >= 4 is 10.9 Å². The molecular weight excluding hydrogens is 284 g/mol. The standard InChI is InChI=1S/C20H20N2O/c1-20(2,3)18-12-15(16-6-4-5-10-21-16)13-7-8-17-14(9-11-23-17)19(13)22-18/h4-8,10,12H,9,11H2,1-3H3. The molecule has 0 spiro atoms. The Labute approximate surface area is 136 Å². The van der Waals surface area contributed by atoms with Crippen molar-refractivity contribution in [1.29, 1.82) is 0 Å². The van der Waals surface area contributed by atoms with Crippen LogP contribution in [0.25, 0.3) is 22.2 Å². The molecule has 0 fully saturated rings. The minimum Gasteiger partial charge on any atom is -0.493 e. The molecule has 0 saturated heterocycles. The maximum Gasteiger partial charge on any atom is 0.124 e. The van der Waals surface area contributed by atoms with Gasteiger partial charge in [0.25, 0.3) is 0 Å². The topological polar surface area (TPSA) is 35.0 Å². The number of nitrogens with zero attached hydrogens (tertiary/aromatic N) is 2. The normalized spacial score (nSPS) is 13.9. The second kappa shape index (κ2) is 5.05. The second-order valence-corrected chi connectivity index (χ2v) is 7.06. The van der Waals surface area contributed by atoms with Crippen molar-refractivity contribution in [1.82, 2.24) is 9.97 Å². The summed E-state index contributed by atoms with van der Waals surface area (Å²) in [5.41, 5.74) is 5.50. The predicted molar refractivity (Wildman–Crippen MR) is 92.9 cm³/mol. The first kappa shape index (κ1) is 14.2. The van der Waals surface area contributed by atoms with Crippen molar-refractivity contribution in [3.8, 4) is 17.0 Å². The Hall–Kier alpha value is -2.42. The van der Waals surface area contributed by atoms with Crippen LogP contribution in [0.15, 0.2) is 42.6 Å². The summed E-state index contributed by atoms with van der Waals surface area (Å²) in [6.07, 6.45) is 2.77. The number of rotatable bonds is 1. The van der Waals surface area contributed by atoms with Crippen molar-refractivity contribution in [2.24, 2.45) is 0 Å². The molecule has 3 heterocycles. The SMILES string of the molecule is CC(C)(C)c1cc(-c2ccccn2)c2ccc3c(c2n1)CCO3. The van der Waals surface area contributed by atoms with E-state index in [2.05, 4.69) is 50.0 Å². The van der Waals surface area contributed by atoms with E-state index < -0.39 is 0 Å². The van der Waals surface area contributed by atoms with Crippen LogP contribution in [0.5, 0.6) is 5.75 Å². The van der Waals surface area contributed by atoms with Gasteiger partial charge >= 0.3 is 0 Å². The highest BCUT2D eigenvalue weighted by atomic mass is 16.5. The molecule has 3 aromatic rings. The number of hydrogen-bond donors (Lipinski definition) is 0. The second-order valence-electron chi connectivity index (χ2n) is 7.06. The average Bonchev–Trinajstić information content (AvgIpc) is 3.02. The van der Waals surface area contributed by atoms with E-state index >= 15 is 0 Å². The first-order valence-corrected chi connectivity index (χ1v) is 8.05. The Balaban J connectivity index is 2.08. The molecule has 3 heteroatoms. The summed E-state index contributed by atoms with van der Waals surface area (Å²) in [6.45, 7) is 7.34. The number of benzene rings is 1. The van der Waals surface area contributed by atoms with Crippen LogP contribution in [0.1, 0.15) is 32.0 Å². The van der Waals surface area contributed by atoms with E-state index in [1.54, 1.807) is 0 Å². The van der Waals surface area contributed by atoms with E-state index in [0.717, 1.165) is 46.6 Å². The van der Waals surface area contributed by atoms with Gasteiger partial charge in [-0.3, -0.25) is 9.97 Å². The minimum atomic E-state index is -0.0140. The Kier molecular flexibility index (Phi) is 3.12. The van der Waals surface area contributed by atoms with Gasteiger partial charge in [-0.2, -0.15) is 0 Å². The molecule has 0 N–H and O–H groups in total. The van der Waals surface area contributed by atoms with Gasteiger partial charge < -0.3 is 4.74 Å². The van der Waals surface area contributed by atoms with Crippen LogP contribution in [0.4, 0.5) is 0 Å². The Morgan fingerprint density at radius 3 is 2.70 bits per heavy atom. The average molecular weight is 304 g/mol. The molecule has 0 saturated carbocycles. The van der Waals surface area contributed by atoms with Crippen LogP contribution in [-0.2, 0) is 11.8 Å². The zero-order valence-electron chi connectivity index (χ0n) is 13.8. The van der Waals surface area contributed by atoms with Crippen LogP contribution in [0, 0.1) is 0 Å². The number of hydrogen-bond acceptors (Lipinski definition) is 3. The summed E-state index contributed by atoms with van der Waals surface area (Å²) in [7, 11) is 0. The Bertz CT molecular complexity index is 880. The maximum atomic E-state index is 5.72. The van der Waals surface area contributed by atoms with Gasteiger partial charge in [-0.15, -0.1) is 0 Å². The molecule has 1 aliphatic heterocycles. The Morgan fingerprint density at radius 1 is 1.09 bits per heavy atom. The first-order valence-electron chi connectivity index (χ1n) is 8.05. The smallest absolute Gasteiger partial charge is 0.124 e. The van der Waals surface area contributed by atoms with Gasteiger partial charge in [-0.1, -0.05) is 26.8 Å². The third-order valence-electron chi connectivity index (χ3n) is 4.36. The zero-order chi connectivity index (χ0) is 16.0. The van der Waals surface area contributed by atoms with Gasteiger partial charge in [0.1, 0.15) is 5.75 Å². The first-order chi connectivity index (χ1) is 11.0. The molecule has 0 amide bonds. The number of fused-ring (bicyclic) bond motifs is 3. The molecule has 0 radical (unpaired) electrons. The summed E-state index contributed by atoms with van der Waals surface area (Å²) in [5, 5.41) is 1.15. The molecule has 0 aliphatic carbocycles. The molecule has 3 nitrogen and oxygen atoms in total. The van der Waals surface area contributed by atoms with Gasteiger partial charge in [0.15, 0.2) is 0 Å². The molecule has 0 bridgehead atoms. The lowest BCUT2D eigenvalue weighted by molar-refractivity contribution is 0.357. The third-order valence-corrected chi connectivity index (χ3v) is 4.36. The van der Waals surface area contributed by atoms with Gasteiger partial charge in [0.2, 0.25) is 0 Å². The van der Waals surface area contributed by atoms with Crippen LogP contribution >= 0.6 is 0 Å². The molecule has 1 aromatic carbocycles. The fraction of sp³-hybridized carbons (Fsp3) is 0.300. The van der Waals surface area contributed by atoms with Crippen LogP contribution < -0.4 is 4.74 Å². The van der Waals surface area contributed by atoms with Crippen molar-refractivity contribution < 1.29 is 4.74 Å². The van der Waals surface area contributed by atoms with Gasteiger partial charge in [0.05, 0.1) is 17.8 Å². The monoisotopic (exact) mass is 304 g/mol. The van der Waals surface area contributed by atoms with E-state index in [9.17, 15) is 0 Å². The highest BCUT2D eigenvalue weighted by molar-refractivity contribution is 5.96. The summed E-state index contributed by atoms with van der Waals surface area (Å²) < 4.78 is 5.72. The molecule has 0 unspecified atom stereocenters. The summed E-state index contributed by atoms with van der Waals surface area (Å²) in [6, 6.07) is 12.4. The third kappa shape index (κ3) is 2.37. The largest absolute Gasteiger partial charge is 0.493 e. The summed E-state index contributed by atoms with van der Waals surface area (Å²) in [4.78, 5) is 9.55. The maximum absolute atomic E-state index is 5.72. The fourth-order valence-corrected chi connectivity index (χ4v) is 3.09. The number of pyridine rings is 2. The summed E-state index contributed by atoms with van der Waals surface area (Å²) >= 11 is 0. The lowest BCUT2D eigenvalue weighted by Crippen LogP contribution is -2.14. The fourth-order valence-electron chi connectivity index (χ4n) is 3.09. The minimum absolute atomic E-state index is 0.0140. The van der Waals surface area contributed by atoms with Crippen molar-refractivity contribution in [3.05, 3.63) is 53.9 Å². The van der Waals surface area contributed by atoms with Gasteiger partial charge in [-0.25, -0.2) is 0 Å². The van der Waals surface area contributed by atoms with Crippen LogP contribution in [0.2, 0.25) is 0 Å². The number of ether oxygens (including phenoxy) is 1. The lowest BCUT2D eigenvalue weighted by Gasteiger charge is -2.20. The van der Waals surface area contributed by atoms with E-state index in [1.807, 2.05) is 18.3 Å². The molecule has 2 aromatic heterocycles. The van der Waals surface area contributed by atoms with E-state index in [0.29, 0.717) is 0 Å². The predicted octanol–water partition coefficient (Wildman–Crippen LogP) is 4.53.